The predicted octanol–water partition coefficient (Wildman–Crippen LogP) is 0.870. The molecule has 100 valence electrons. The fraction of sp³-hybridized carbons (Fsp3) is 0.846. The summed E-state index contributed by atoms with van der Waals surface area (Å²) in [5, 5.41) is 7.88. The Hall–Kier alpha value is -0.940. The highest BCUT2D eigenvalue weighted by molar-refractivity contribution is 4.96. The molecule has 0 spiro atoms. The van der Waals surface area contributed by atoms with E-state index < -0.39 is 0 Å². The highest BCUT2D eigenvalue weighted by atomic mass is 15.4. The van der Waals surface area contributed by atoms with E-state index in [1.165, 1.54) is 12.8 Å². The summed E-state index contributed by atoms with van der Waals surface area (Å²) in [4.78, 5) is 7.02. The minimum atomic E-state index is 0.581. The Bertz CT molecular complexity index is 398. The first-order valence-corrected chi connectivity index (χ1v) is 7.12. The molecule has 18 heavy (non-hydrogen) atoms. The van der Waals surface area contributed by atoms with Gasteiger partial charge < -0.3 is 5.32 Å². The quantitative estimate of drug-likeness (QED) is 0.860. The van der Waals surface area contributed by atoms with Crippen LogP contribution in [0.4, 0.5) is 0 Å². The Morgan fingerprint density at radius 1 is 1.44 bits per heavy atom. The smallest absolute Gasteiger partial charge is 0.141 e. The van der Waals surface area contributed by atoms with E-state index in [1.807, 2.05) is 4.68 Å². The molecule has 3 rings (SSSR count). The van der Waals surface area contributed by atoms with E-state index in [1.54, 1.807) is 6.33 Å². The van der Waals surface area contributed by atoms with Crippen LogP contribution in [0.1, 0.15) is 32.5 Å². The maximum Gasteiger partial charge on any atom is 0.141 e. The second kappa shape index (κ2) is 4.97. The molecule has 5 heteroatoms. The third-order valence-electron chi connectivity index (χ3n) is 4.16. The van der Waals surface area contributed by atoms with E-state index >= 15 is 0 Å². The van der Waals surface area contributed by atoms with E-state index in [9.17, 15) is 0 Å². The molecule has 1 aliphatic heterocycles. The van der Waals surface area contributed by atoms with Crippen molar-refractivity contribution in [2.75, 3.05) is 13.1 Å². The largest absolute Gasteiger partial charge is 0.311 e. The lowest BCUT2D eigenvalue weighted by atomic mass is 10.1. The number of nitrogens with zero attached hydrogens (tertiary/aromatic N) is 4. The van der Waals surface area contributed by atoms with Crippen LogP contribution in [0.25, 0.3) is 0 Å². The first-order chi connectivity index (χ1) is 8.78. The molecule has 1 aromatic heterocycles. The number of aromatic nitrogens is 3. The molecular formula is C13H23N5. The van der Waals surface area contributed by atoms with E-state index in [-0.39, 0.29) is 0 Å². The molecule has 0 amide bonds. The van der Waals surface area contributed by atoms with Gasteiger partial charge in [0.15, 0.2) is 0 Å². The molecule has 2 fully saturated rings. The Balaban J connectivity index is 1.71. The Morgan fingerprint density at radius 2 is 2.28 bits per heavy atom. The van der Waals surface area contributed by atoms with Crippen LogP contribution >= 0.6 is 0 Å². The van der Waals surface area contributed by atoms with Crippen molar-refractivity contribution < 1.29 is 0 Å². The zero-order chi connectivity index (χ0) is 12.5. The molecule has 1 N–H and O–H groups in total. The van der Waals surface area contributed by atoms with Crippen molar-refractivity contribution in [2.45, 2.75) is 51.9 Å². The molecule has 1 saturated carbocycles. The molecule has 2 atom stereocenters. The maximum atomic E-state index is 4.41. The molecule has 2 aliphatic rings. The van der Waals surface area contributed by atoms with Gasteiger partial charge in [-0.25, -0.2) is 9.67 Å². The Kier molecular flexibility index (Phi) is 3.35. The summed E-state index contributed by atoms with van der Waals surface area (Å²) in [5.41, 5.74) is 0. The molecule has 2 unspecified atom stereocenters. The van der Waals surface area contributed by atoms with E-state index in [0.29, 0.717) is 12.1 Å². The van der Waals surface area contributed by atoms with Crippen molar-refractivity contribution in [3.8, 4) is 0 Å². The van der Waals surface area contributed by atoms with Gasteiger partial charge in [0.2, 0.25) is 0 Å². The lowest BCUT2D eigenvalue weighted by Crippen LogP contribution is -2.56. The molecule has 1 saturated heterocycles. The van der Waals surface area contributed by atoms with Crippen LogP contribution in [0.15, 0.2) is 6.33 Å². The van der Waals surface area contributed by atoms with Gasteiger partial charge in [0.25, 0.3) is 0 Å². The van der Waals surface area contributed by atoms with Crippen LogP contribution in [0, 0.1) is 5.92 Å². The average Bonchev–Trinajstić information content (AvgIpc) is 3.10. The van der Waals surface area contributed by atoms with Gasteiger partial charge in [-0.05, 0) is 32.6 Å². The number of nitrogens with one attached hydrogen (secondary N) is 1. The summed E-state index contributed by atoms with van der Waals surface area (Å²) in [6.45, 7) is 8.49. The fourth-order valence-corrected chi connectivity index (χ4v) is 2.99. The molecular weight excluding hydrogens is 226 g/mol. The van der Waals surface area contributed by atoms with Gasteiger partial charge >= 0.3 is 0 Å². The number of rotatable bonds is 4. The van der Waals surface area contributed by atoms with Gasteiger partial charge in [-0.15, -0.1) is 0 Å². The SMILES string of the molecule is CCn1ncnc1CN1CC(C)NCC1C1CC1. The summed E-state index contributed by atoms with van der Waals surface area (Å²) in [6.07, 6.45) is 4.48. The second-order valence-electron chi connectivity index (χ2n) is 5.64. The highest BCUT2D eigenvalue weighted by Gasteiger charge is 2.38. The number of hydrogen-bond donors (Lipinski definition) is 1. The van der Waals surface area contributed by atoms with Gasteiger partial charge in [0, 0.05) is 31.7 Å². The zero-order valence-corrected chi connectivity index (χ0v) is 11.3. The van der Waals surface area contributed by atoms with Crippen LogP contribution in [0.5, 0.6) is 0 Å². The van der Waals surface area contributed by atoms with Gasteiger partial charge in [-0.3, -0.25) is 4.90 Å². The van der Waals surface area contributed by atoms with E-state index in [2.05, 4.69) is 34.1 Å². The van der Waals surface area contributed by atoms with Crippen molar-refractivity contribution in [1.29, 1.82) is 0 Å². The Morgan fingerprint density at radius 3 is 3.00 bits per heavy atom. The van der Waals surface area contributed by atoms with E-state index in [4.69, 9.17) is 0 Å². The number of piperazine rings is 1. The fourth-order valence-electron chi connectivity index (χ4n) is 2.99. The maximum absolute atomic E-state index is 4.41. The minimum Gasteiger partial charge on any atom is -0.311 e. The molecule has 0 bridgehead atoms. The van der Waals surface area contributed by atoms with Gasteiger partial charge in [0.05, 0.1) is 6.54 Å². The third-order valence-corrected chi connectivity index (χ3v) is 4.16. The second-order valence-corrected chi connectivity index (χ2v) is 5.64. The summed E-state index contributed by atoms with van der Waals surface area (Å²) < 4.78 is 2.01. The number of hydrogen-bond acceptors (Lipinski definition) is 4. The monoisotopic (exact) mass is 249 g/mol. The molecule has 1 aliphatic carbocycles. The molecule has 0 aromatic carbocycles. The van der Waals surface area contributed by atoms with Crippen molar-refractivity contribution in [3.05, 3.63) is 12.2 Å². The van der Waals surface area contributed by atoms with Crippen LogP contribution < -0.4 is 5.32 Å². The number of aryl methyl sites for hydroxylation is 1. The standard InChI is InChI=1S/C13H23N5/c1-3-18-13(15-9-16-18)8-17-7-10(2)14-6-12(17)11-4-5-11/h9-12,14H,3-8H2,1-2H3. The van der Waals surface area contributed by atoms with Crippen LogP contribution in [-0.2, 0) is 13.1 Å². The zero-order valence-electron chi connectivity index (χ0n) is 11.3. The molecule has 5 nitrogen and oxygen atoms in total. The Labute approximate surface area is 109 Å². The van der Waals surface area contributed by atoms with Gasteiger partial charge in [0.1, 0.15) is 12.2 Å². The molecule has 1 aromatic rings. The van der Waals surface area contributed by atoms with Gasteiger partial charge in [-0.2, -0.15) is 5.10 Å². The van der Waals surface area contributed by atoms with Crippen molar-refractivity contribution in [2.24, 2.45) is 5.92 Å². The summed E-state index contributed by atoms with van der Waals surface area (Å²) in [6, 6.07) is 1.28. The topological polar surface area (TPSA) is 46.0 Å². The minimum absolute atomic E-state index is 0.581. The lowest BCUT2D eigenvalue weighted by Gasteiger charge is -2.39. The van der Waals surface area contributed by atoms with Crippen molar-refractivity contribution in [3.63, 3.8) is 0 Å². The van der Waals surface area contributed by atoms with Crippen LogP contribution in [0.2, 0.25) is 0 Å². The van der Waals surface area contributed by atoms with Gasteiger partial charge in [-0.1, -0.05) is 0 Å². The highest BCUT2D eigenvalue weighted by Crippen LogP contribution is 2.36. The average molecular weight is 249 g/mol. The first kappa shape index (κ1) is 12.1. The first-order valence-electron chi connectivity index (χ1n) is 7.12. The summed E-state index contributed by atoms with van der Waals surface area (Å²) >= 11 is 0. The summed E-state index contributed by atoms with van der Waals surface area (Å²) in [5.74, 6) is 2.01. The van der Waals surface area contributed by atoms with Crippen LogP contribution in [-0.4, -0.2) is 44.8 Å². The molecule has 2 heterocycles. The van der Waals surface area contributed by atoms with Crippen LogP contribution in [0.3, 0.4) is 0 Å². The molecule has 0 radical (unpaired) electrons. The van der Waals surface area contributed by atoms with Crippen molar-refractivity contribution in [1.82, 2.24) is 25.0 Å². The van der Waals surface area contributed by atoms with Crippen molar-refractivity contribution >= 4 is 0 Å². The third kappa shape index (κ3) is 2.42. The lowest BCUT2D eigenvalue weighted by molar-refractivity contribution is 0.107. The normalized spacial score (nSPS) is 29.7. The predicted molar refractivity (Wildman–Crippen MR) is 70.1 cm³/mol. The summed E-state index contributed by atoms with van der Waals surface area (Å²) in [7, 11) is 0. The van der Waals surface area contributed by atoms with E-state index in [0.717, 1.165) is 37.9 Å².